The molecule has 30 heavy (non-hydrogen) atoms. The normalized spacial score (nSPS) is 15.6. The predicted octanol–water partition coefficient (Wildman–Crippen LogP) is 3.81. The Bertz CT molecular complexity index is 1180. The fourth-order valence-electron chi connectivity index (χ4n) is 3.71. The largest absolute Gasteiger partial charge is 0.332 e. The van der Waals surface area contributed by atoms with Gasteiger partial charge in [-0.2, -0.15) is 10.4 Å². The Morgan fingerprint density at radius 1 is 1.17 bits per heavy atom. The first-order valence-corrected chi connectivity index (χ1v) is 9.35. The Morgan fingerprint density at radius 3 is 2.70 bits per heavy atom. The van der Waals surface area contributed by atoms with Gasteiger partial charge < -0.3 is 4.90 Å². The van der Waals surface area contributed by atoms with Crippen molar-refractivity contribution in [2.75, 3.05) is 0 Å². The summed E-state index contributed by atoms with van der Waals surface area (Å²) in [6.07, 6.45) is 1.53. The Kier molecular flexibility index (Phi) is 5.04. The highest BCUT2D eigenvalue weighted by Gasteiger charge is 2.30. The van der Waals surface area contributed by atoms with Crippen molar-refractivity contribution in [1.82, 2.24) is 14.7 Å². The number of benzene rings is 2. The zero-order chi connectivity index (χ0) is 21.4. The summed E-state index contributed by atoms with van der Waals surface area (Å²) in [4.78, 5) is 14.6. The van der Waals surface area contributed by atoms with Gasteiger partial charge in [0, 0.05) is 23.2 Å². The van der Waals surface area contributed by atoms with Crippen molar-refractivity contribution in [2.24, 2.45) is 0 Å². The molecule has 2 heterocycles. The highest BCUT2D eigenvalue weighted by atomic mass is 19.1. The second-order valence-corrected chi connectivity index (χ2v) is 7.28. The first kappa shape index (κ1) is 19.7. The van der Waals surface area contributed by atoms with Gasteiger partial charge in [-0.25, -0.2) is 13.2 Å². The average molecular weight is 410 g/mol. The van der Waals surface area contributed by atoms with Gasteiger partial charge in [0.2, 0.25) is 5.91 Å². The molecule has 0 spiro atoms. The van der Waals surface area contributed by atoms with E-state index in [4.69, 9.17) is 5.26 Å². The van der Waals surface area contributed by atoms with Crippen molar-refractivity contribution in [3.8, 4) is 17.2 Å². The van der Waals surface area contributed by atoms with Crippen LogP contribution in [0, 0.1) is 28.8 Å². The Morgan fingerprint density at radius 2 is 1.97 bits per heavy atom. The zero-order valence-corrected chi connectivity index (χ0v) is 16.1. The molecular formula is C22H17F3N4O. The number of hydrogen-bond acceptors (Lipinski definition) is 3. The molecular weight excluding hydrogens is 393 g/mol. The van der Waals surface area contributed by atoms with Crippen molar-refractivity contribution < 1.29 is 18.0 Å². The molecule has 1 aliphatic heterocycles. The van der Waals surface area contributed by atoms with E-state index >= 15 is 0 Å². The minimum absolute atomic E-state index is 0.00762. The molecule has 0 N–H and O–H groups in total. The number of aromatic nitrogens is 2. The Labute approximate surface area is 171 Å². The smallest absolute Gasteiger partial charge is 0.227 e. The van der Waals surface area contributed by atoms with Crippen LogP contribution in [0.25, 0.3) is 11.1 Å². The van der Waals surface area contributed by atoms with Crippen molar-refractivity contribution in [2.45, 2.75) is 32.5 Å². The maximum Gasteiger partial charge on any atom is 0.227 e. The number of halogens is 3. The average Bonchev–Trinajstić information content (AvgIpc) is 3.11. The molecule has 1 aliphatic rings. The van der Waals surface area contributed by atoms with Crippen molar-refractivity contribution in [3.63, 3.8) is 0 Å². The SMILES string of the molecule is CC1Cn2ncc(-c3ccc(F)cc3F)c2CN1C(=O)Cc1ccc(F)c(C#N)c1. The van der Waals surface area contributed by atoms with E-state index in [0.717, 1.165) is 6.07 Å². The molecule has 3 aromatic rings. The molecule has 0 fully saturated rings. The summed E-state index contributed by atoms with van der Waals surface area (Å²) < 4.78 is 42.8. The van der Waals surface area contributed by atoms with E-state index in [1.54, 1.807) is 15.7 Å². The van der Waals surface area contributed by atoms with Gasteiger partial charge in [-0.3, -0.25) is 9.48 Å². The van der Waals surface area contributed by atoms with Crippen LogP contribution in [0.5, 0.6) is 0 Å². The summed E-state index contributed by atoms with van der Waals surface area (Å²) in [5, 5.41) is 13.3. The highest BCUT2D eigenvalue weighted by Crippen LogP contribution is 2.31. The topological polar surface area (TPSA) is 61.9 Å². The third kappa shape index (κ3) is 3.54. The van der Waals surface area contributed by atoms with E-state index in [1.807, 2.05) is 6.92 Å². The van der Waals surface area contributed by atoms with Crippen molar-refractivity contribution in [3.05, 3.63) is 76.9 Å². The van der Waals surface area contributed by atoms with Crippen molar-refractivity contribution in [1.29, 1.82) is 5.26 Å². The molecule has 8 heteroatoms. The van der Waals surface area contributed by atoms with Crippen molar-refractivity contribution >= 4 is 5.91 Å². The molecule has 0 bridgehead atoms. The number of rotatable bonds is 3. The maximum absolute atomic E-state index is 14.3. The van der Waals surface area contributed by atoms with Crippen LogP contribution in [0.4, 0.5) is 13.2 Å². The molecule has 4 rings (SSSR count). The van der Waals surface area contributed by atoms with Crippen LogP contribution in [0.1, 0.15) is 23.7 Å². The third-order valence-corrected chi connectivity index (χ3v) is 5.29. The van der Waals surface area contributed by atoms with Crippen LogP contribution in [0.15, 0.2) is 42.6 Å². The summed E-state index contributed by atoms with van der Waals surface area (Å²) in [7, 11) is 0. The van der Waals surface area contributed by atoms with Gasteiger partial charge in [-0.05, 0) is 36.8 Å². The van der Waals surface area contributed by atoms with E-state index in [-0.39, 0.29) is 36.0 Å². The summed E-state index contributed by atoms with van der Waals surface area (Å²) >= 11 is 0. The predicted molar refractivity (Wildman–Crippen MR) is 102 cm³/mol. The second kappa shape index (κ2) is 7.67. The Hall–Kier alpha value is -3.60. The fraction of sp³-hybridized carbons (Fsp3) is 0.227. The number of carbonyl (C=O) groups excluding carboxylic acids is 1. The molecule has 152 valence electrons. The number of fused-ring (bicyclic) bond motifs is 1. The molecule has 2 aromatic carbocycles. The number of carbonyl (C=O) groups is 1. The fourth-order valence-corrected chi connectivity index (χ4v) is 3.71. The first-order chi connectivity index (χ1) is 14.4. The monoisotopic (exact) mass is 410 g/mol. The van der Waals surface area contributed by atoms with Gasteiger partial charge in [0.05, 0.1) is 37.0 Å². The zero-order valence-electron chi connectivity index (χ0n) is 16.1. The lowest BCUT2D eigenvalue weighted by atomic mass is 10.0. The van der Waals surface area contributed by atoms with Gasteiger partial charge in [0.25, 0.3) is 0 Å². The molecule has 1 atom stereocenters. The maximum atomic E-state index is 14.3. The lowest BCUT2D eigenvalue weighted by Crippen LogP contribution is -2.45. The van der Waals surface area contributed by atoms with E-state index in [0.29, 0.717) is 23.4 Å². The summed E-state index contributed by atoms with van der Waals surface area (Å²) in [6, 6.07) is 8.97. The van der Waals surface area contributed by atoms with Gasteiger partial charge in [-0.15, -0.1) is 0 Å². The first-order valence-electron chi connectivity index (χ1n) is 9.35. The van der Waals surface area contributed by atoms with Crippen LogP contribution in [-0.4, -0.2) is 26.6 Å². The molecule has 1 unspecified atom stereocenters. The van der Waals surface area contributed by atoms with E-state index in [1.165, 1.54) is 36.5 Å². The van der Waals surface area contributed by atoms with Crippen LogP contribution in [0.2, 0.25) is 0 Å². The van der Waals surface area contributed by atoms with Crippen LogP contribution in [0.3, 0.4) is 0 Å². The summed E-state index contributed by atoms with van der Waals surface area (Å²) in [6.45, 7) is 2.52. The standard InChI is InChI=1S/C22H17F3N4O/c1-13-11-29-21(18(10-27-29)17-4-3-16(23)8-20(17)25)12-28(13)22(30)7-14-2-5-19(24)15(6-14)9-26/h2-6,8,10,13H,7,11-12H2,1H3. The molecule has 0 aliphatic carbocycles. The van der Waals surface area contributed by atoms with Gasteiger partial charge >= 0.3 is 0 Å². The summed E-state index contributed by atoms with van der Waals surface area (Å²) in [5.74, 6) is -2.19. The minimum atomic E-state index is -0.697. The quantitative estimate of drug-likeness (QED) is 0.660. The summed E-state index contributed by atoms with van der Waals surface area (Å²) in [5.41, 5.74) is 1.81. The minimum Gasteiger partial charge on any atom is -0.332 e. The van der Waals surface area contributed by atoms with Crippen LogP contribution in [-0.2, 0) is 24.3 Å². The second-order valence-electron chi connectivity index (χ2n) is 7.28. The lowest BCUT2D eigenvalue weighted by molar-refractivity contribution is -0.134. The lowest BCUT2D eigenvalue weighted by Gasteiger charge is -2.34. The molecule has 5 nitrogen and oxygen atoms in total. The third-order valence-electron chi connectivity index (χ3n) is 5.29. The van der Waals surface area contributed by atoms with E-state index in [2.05, 4.69) is 5.10 Å². The van der Waals surface area contributed by atoms with E-state index < -0.39 is 17.5 Å². The van der Waals surface area contributed by atoms with Gasteiger partial charge in [0.15, 0.2) is 0 Å². The van der Waals surface area contributed by atoms with Gasteiger partial charge in [-0.1, -0.05) is 6.07 Å². The number of amides is 1. The Balaban J connectivity index is 1.61. The van der Waals surface area contributed by atoms with E-state index in [9.17, 15) is 18.0 Å². The highest BCUT2D eigenvalue weighted by molar-refractivity contribution is 5.80. The van der Waals surface area contributed by atoms with Crippen LogP contribution >= 0.6 is 0 Å². The molecule has 0 saturated heterocycles. The number of nitriles is 1. The number of hydrogen-bond donors (Lipinski definition) is 0. The number of nitrogens with zero attached hydrogens (tertiary/aromatic N) is 4. The van der Waals surface area contributed by atoms with Gasteiger partial charge in [0.1, 0.15) is 23.5 Å². The molecule has 1 amide bonds. The van der Waals surface area contributed by atoms with Crippen LogP contribution < -0.4 is 0 Å². The molecule has 0 radical (unpaired) electrons. The molecule has 0 saturated carbocycles. The molecule has 1 aromatic heterocycles.